The van der Waals surface area contributed by atoms with Gasteiger partial charge in [0.05, 0.1) is 5.92 Å². The smallest absolute Gasteiger partial charge is 0.313 e. The molecule has 0 unspecified atom stereocenters. The van der Waals surface area contributed by atoms with Gasteiger partial charge in [0.2, 0.25) is 0 Å². The Morgan fingerprint density at radius 3 is 3.00 bits per heavy atom. The van der Waals surface area contributed by atoms with Gasteiger partial charge in [-0.2, -0.15) is 0 Å². The van der Waals surface area contributed by atoms with E-state index in [-0.39, 0.29) is 18.0 Å². The lowest BCUT2D eigenvalue weighted by molar-refractivity contribution is -0.274. The highest BCUT2D eigenvalue weighted by Crippen LogP contribution is 2.38. The number of rotatable bonds is 1. The van der Waals surface area contributed by atoms with Crippen LogP contribution in [0.3, 0.4) is 0 Å². The van der Waals surface area contributed by atoms with Gasteiger partial charge < -0.3 is 4.74 Å². The number of fused-ring (bicyclic) bond motifs is 2. The van der Waals surface area contributed by atoms with E-state index in [4.69, 9.17) is 9.99 Å². The normalized spacial score (nSPS) is 39.9. The van der Waals surface area contributed by atoms with Gasteiger partial charge in [-0.25, -0.2) is 4.89 Å². The number of hydrogen-bond donors (Lipinski definition) is 1. The maximum atomic E-state index is 11.1. The van der Waals surface area contributed by atoms with Crippen molar-refractivity contribution >= 4 is 5.97 Å². The number of ether oxygens (including phenoxy) is 1. The molecule has 0 spiro atoms. The fourth-order valence-corrected chi connectivity index (χ4v) is 1.83. The Hall–Kier alpha value is -0.870. The van der Waals surface area contributed by atoms with Gasteiger partial charge in [0.15, 0.2) is 0 Å². The lowest BCUT2D eigenvalue weighted by Crippen LogP contribution is -2.28. The molecule has 0 aromatic carbocycles. The van der Waals surface area contributed by atoms with Crippen LogP contribution in [0.15, 0.2) is 12.2 Å². The van der Waals surface area contributed by atoms with E-state index in [1.165, 1.54) is 0 Å². The van der Waals surface area contributed by atoms with E-state index in [0.717, 1.165) is 0 Å². The van der Waals surface area contributed by atoms with Crippen molar-refractivity contribution in [2.45, 2.75) is 25.0 Å². The molecule has 2 rings (SSSR count). The Kier molecular flexibility index (Phi) is 1.66. The molecule has 0 aromatic heterocycles. The fourth-order valence-electron chi connectivity index (χ4n) is 1.83. The van der Waals surface area contributed by atoms with Crippen molar-refractivity contribution < 1.29 is 19.7 Å². The van der Waals surface area contributed by atoms with Crippen molar-refractivity contribution in [1.82, 2.24) is 0 Å². The molecule has 4 nitrogen and oxygen atoms in total. The van der Waals surface area contributed by atoms with E-state index in [1.54, 1.807) is 0 Å². The minimum Gasteiger partial charge on any atom is -0.462 e. The molecule has 2 fully saturated rings. The molecule has 0 aromatic rings. The van der Waals surface area contributed by atoms with Crippen LogP contribution >= 0.6 is 0 Å². The van der Waals surface area contributed by atoms with Gasteiger partial charge in [0.25, 0.3) is 0 Å². The summed E-state index contributed by atoms with van der Waals surface area (Å²) in [6, 6.07) is 0. The van der Waals surface area contributed by atoms with Gasteiger partial charge in [-0.05, 0) is 5.57 Å². The highest BCUT2D eigenvalue weighted by molar-refractivity contribution is 5.78. The Bertz CT molecular complexity index is 235. The molecule has 1 N–H and O–H groups in total. The molecule has 1 saturated heterocycles. The Morgan fingerprint density at radius 1 is 1.58 bits per heavy atom. The largest absolute Gasteiger partial charge is 0.462 e. The second-order valence-electron chi connectivity index (χ2n) is 3.25. The first kappa shape index (κ1) is 7.76. The topological polar surface area (TPSA) is 55.8 Å². The lowest BCUT2D eigenvalue weighted by Gasteiger charge is -2.23. The van der Waals surface area contributed by atoms with Crippen molar-refractivity contribution in [2.75, 3.05) is 0 Å². The van der Waals surface area contributed by atoms with Gasteiger partial charge >= 0.3 is 5.97 Å². The van der Waals surface area contributed by atoms with Gasteiger partial charge in [0, 0.05) is 12.8 Å². The first-order chi connectivity index (χ1) is 5.72. The summed E-state index contributed by atoms with van der Waals surface area (Å²) in [6.45, 7) is 3.71. The molecule has 1 aliphatic carbocycles. The van der Waals surface area contributed by atoms with E-state index >= 15 is 0 Å². The van der Waals surface area contributed by atoms with Gasteiger partial charge in [0.1, 0.15) is 12.2 Å². The number of esters is 1. The standard InChI is InChI=1S/C8H10O4/c1-4-6-2-5(11-8(6)9)3-7(4)12-10/h5-7,10H,1-3H2/t5-,6+,7-/m1/s1. The molecular weight excluding hydrogens is 160 g/mol. The Balaban J connectivity index is 2.21. The molecule has 1 aliphatic heterocycles. The molecule has 12 heavy (non-hydrogen) atoms. The van der Waals surface area contributed by atoms with Crippen LogP contribution in [0.5, 0.6) is 0 Å². The third kappa shape index (κ3) is 0.956. The van der Waals surface area contributed by atoms with Crippen LogP contribution in [0.25, 0.3) is 0 Å². The van der Waals surface area contributed by atoms with Crippen molar-refractivity contribution in [2.24, 2.45) is 5.92 Å². The molecule has 2 aliphatic rings. The van der Waals surface area contributed by atoms with Crippen molar-refractivity contribution in [3.63, 3.8) is 0 Å². The quantitative estimate of drug-likeness (QED) is 0.273. The average molecular weight is 170 g/mol. The maximum Gasteiger partial charge on any atom is 0.313 e. The first-order valence-electron chi connectivity index (χ1n) is 3.91. The van der Waals surface area contributed by atoms with E-state index in [0.29, 0.717) is 18.4 Å². The van der Waals surface area contributed by atoms with Crippen LogP contribution < -0.4 is 0 Å². The molecule has 1 heterocycles. The van der Waals surface area contributed by atoms with Gasteiger partial charge in [-0.15, -0.1) is 0 Å². The van der Waals surface area contributed by atoms with E-state index in [9.17, 15) is 4.79 Å². The third-order valence-corrected chi connectivity index (χ3v) is 2.53. The highest BCUT2D eigenvalue weighted by Gasteiger charge is 2.45. The maximum absolute atomic E-state index is 11.1. The zero-order chi connectivity index (χ0) is 8.72. The molecular formula is C8H10O4. The average Bonchev–Trinajstić information content (AvgIpc) is 2.37. The summed E-state index contributed by atoms with van der Waals surface area (Å²) in [5, 5.41) is 8.48. The van der Waals surface area contributed by atoms with E-state index < -0.39 is 6.10 Å². The summed E-state index contributed by atoms with van der Waals surface area (Å²) in [5.41, 5.74) is 0.635. The molecule has 66 valence electrons. The van der Waals surface area contributed by atoms with Crippen LogP contribution in [0.1, 0.15) is 12.8 Å². The predicted molar refractivity (Wildman–Crippen MR) is 39.2 cm³/mol. The molecule has 0 amide bonds. The zero-order valence-corrected chi connectivity index (χ0v) is 6.53. The second-order valence-corrected chi connectivity index (χ2v) is 3.25. The monoisotopic (exact) mass is 170 g/mol. The molecule has 1 saturated carbocycles. The SMILES string of the molecule is C=C1[C@@H]2C[C@H](C[C@H]1OO)OC2=O. The van der Waals surface area contributed by atoms with Crippen LogP contribution in [0.4, 0.5) is 0 Å². The highest BCUT2D eigenvalue weighted by atomic mass is 17.1. The molecule has 4 heteroatoms. The summed E-state index contributed by atoms with van der Waals surface area (Å²) >= 11 is 0. The van der Waals surface area contributed by atoms with Crippen LogP contribution in [-0.2, 0) is 14.4 Å². The summed E-state index contributed by atoms with van der Waals surface area (Å²) in [4.78, 5) is 15.3. The number of carbonyl (C=O) groups excluding carboxylic acids is 1. The van der Waals surface area contributed by atoms with Crippen LogP contribution in [0, 0.1) is 5.92 Å². The van der Waals surface area contributed by atoms with Gasteiger partial charge in [-0.3, -0.25) is 10.1 Å². The Morgan fingerprint density at radius 2 is 2.33 bits per heavy atom. The predicted octanol–water partition coefficient (Wildman–Crippen LogP) is 0.736. The lowest BCUT2D eigenvalue weighted by atomic mass is 9.84. The minimum absolute atomic E-state index is 0.0925. The summed E-state index contributed by atoms with van der Waals surface area (Å²) in [7, 11) is 0. The van der Waals surface area contributed by atoms with E-state index in [2.05, 4.69) is 11.5 Å². The zero-order valence-electron chi connectivity index (χ0n) is 6.53. The van der Waals surface area contributed by atoms with Crippen LogP contribution in [0.2, 0.25) is 0 Å². The van der Waals surface area contributed by atoms with Crippen molar-refractivity contribution in [1.29, 1.82) is 0 Å². The molecule has 0 radical (unpaired) electrons. The number of hydrogen-bond acceptors (Lipinski definition) is 4. The minimum atomic E-state index is -0.430. The van der Waals surface area contributed by atoms with Crippen molar-refractivity contribution in [3.8, 4) is 0 Å². The van der Waals surface area contributed by atoms with Crippen LogP contribution in [-0.4, -0.2) is 23.4 Å². The molecule has 3 atom stereocenters. The first-order valence-corrected chi connectivity index (χ1v) is 3.91. The fraction of sp³-hybridized carbons (Fsp3) is 0.625. The van der Waals surface area contributed by atoms with E-state index in [1.807, 2.05) is 0 Å². The summed E-state index contributed by atoms with van der Waals surface area (Å²) in [6.07, 6.45) is 0.695. The van der Waals surface area contributed by atoms with Crippen molar-refractivity contribution in [3.05, 3.63) is 12.2 Å². The van der Waals surface area contributed by atoms with Gasteiger partial charge in [-0.1, -0.05) is 6.58 Å². The number of carbonyl (C=O) groups is 1. The summed E-state index contributed by atoms with van der Waals surface area (Å²) in [5.74, 6) is -0.495. The third-order valence-electron chi connectivity index (χ3n) is 2.53. The molecule has 2 bridgehead atoms. The Labute approximate surface area is 69.7 Å². The second kappa shape index (κ2) is 2.57. The summed E-state index contributed by atoms with van der Waals surface area (Å²) < 4.78 is 5.00.